The fourth-order valence-electron chi connectivity index (χ4n) is 2.95. The third-order valence-corrected chi connectivity index (χ3v) is 5.73. The molecule has 1 unspecified atom stereocenters. The molecule has 0 spiro atoms. The maximum atomic E-state index is 13.0. The molecule has 0 aliphatic heterocycles. The first kappa shape index (κ1) is 26.9. The number of anilines is 1. The van der Waals surface area contributed by atoms with Crippen molar-refractivity contribution in [1.82, 2.24) is 20.3 Å². The van der Waals surface area contributed by atoms with Crippen molar-refractivity contribution in [3.8, 4) is 11.5 Å². The number of aliphatic hydroxyl groups excluding tert-OH is 1. The van der Waals surface area contributed by atoms with E-state index in [4.69, 9.17) is 15.6 Å². The van der Waals surface area contributed by atoms with Gasteiger partial charge in [-0.15, -0.1) is 0 Å². The van der Waals surface area contributed by atoms with Gasteiger partial charge in [0.2, 0.25) is 5.91 Å². The van der Waals surface area contributed by atoms with E-state index in [2.05, 4.69) is 20.3 Å². The zero-order chi connectivity index (χ0) is 25.3. The van der Waals surface area contributed by atoms with Gasteiger partial charge in [0.15, 0.2) is 17.2 Å². The van der Waals surface area contributed by atoms with Crippen LogP contribution in [-0.4, -0.2) is 59.1 Å². The van der Waals surface area contributed by atoms with Crippen molar-refractivity contribution in [2.45, 2.75) is 32.7 Å². The number of benzene rings is 1. The maximum Gasteiger partial charge on any atom is 0.273 e. The number of phenols is 1. The van der Waals surface area contributed by atoms with Crippen LogP contribution in [0.4, 0.5) is 5.69 Å². The average molecular weight is 494 g/mol. The number of carbonyl (C=O) groups is 3. The number of aromatic nitrogens is 1. The van der Waals surface area contributed by atoms with Crippen molar-refractivity contribution in [3.05, 3.63) is 34.3 Å². The molecule has 0 saturated carbocycles. The monoisotopic (exact) mass is 493 g/mol. The maximum absolute atomic E-state index is 13.0. The van der Waals surface area contributed by atoms with Crippen molar-refractivity contribution in [3.63, 3.8) is 0 Å². The van der Waals surface area contributed by atoms with E-state index in [1.54, 1.807) is 0 Å². The van der Waals surface area contributed by atoms with Gasteiger partial charge < -0.3 is 36.6 Å². The SMILES string of the molecule is COc1cc(C(NC(=O)c2snc(C(=O)NCCCO)c2N)C(=O)NCCC(C)C)ccc1O. The topological polar surface area (TPSA) is 176 Å². The average Bonchev–Trinajstić information content (AvgIpc) is 3.19. The highest BCUT2D eigenvalue weighted by atomic mass is 32.1. The van der Waals surface area contributed by atoms with E-state index in [1.807, 2.05) is 13.8 Å². The van der Waals surface area contributed by atoms with Crippen LogP contribution in [0.5, 0.6) is 11.5 Å². The third kappa shape index (κ3) is 7.06. The molecule has 3 amide bonds. The molecule has 2 rings (SSSR count). The Bertz CT molecular complexity index is 1010. The molecule has 7 N–H and O–H groups in total. The number of carbonyl (C=O) groups excluding carboxylic acids is 3. The molecule has 0 saturated heterocycles. The zero-order valence-corrected chi connectivity index (χ0v) is 20.2. The molecule has 186 valence electrons. The van der Waals surface area contributed by atoms with Gasteiger partial charge >= 0.3 is 0 Å². The molecule has 1 aromatic carbocycles. The largest absolute Gasteiger partial charge is 0.504 e. The summed E-state index contributed by atoms with van der Waals surface area (Å²) in [6.45, 7) is 4.62. The lowest BCUT2D eigenvalue weighted by Crippen LogP contribution is -2.41. The minimum Gasteiger partial charge on any atom is -0.504 e. The Kier molecular flexibility index (Phi) is 10.1. The number of nitrogens with two attached hydrogens (primary N) is 1. The molecule has 1 atom stereocenters. The van der Waals surface area contributed by atoms with E-state index in [1.165, 1.54) is 25.3 Å². The Morgan fingerprint density at radius 2 is 1.91 bits per heavy atom. The second-order valence-electron chi connectivity index (χ2n) is 7.92. The molecule has 34 heavy (non-hydrogen) atoms. The quantitative estimate of drug-likeness (QED) is 0.239. The second kappa shape index (κ2) is 12.8. The van der Waals surface area contributed by atoms with Crippen molar-refractivity contribution in [2.75, 3.05) is 32.5 Å². The molecule has 0 bridgehead atoms. The summed E-state index contributed by atoms with van der Waals surface area (Å²) in [6, 6.07) is 3.21. The van der Waals surface area contributed by atoms with Crippen LogP contribution in [0.1, 0.15) is 58.5 Å². The van der Waals surface area contributed by atoms with Crippen molar-refractivity contribution >= 4 is 34.9 Å². The second-order valence-corrected chi connectivity index (χ2v) is 8.69. The number of nitrogens with one attached hydrogen (secondary N) is 3. The Morgan fingerprint density at radius 3 is 2.56 bits per heavy atom. The molecule has 11 nitrogen and oxygen atoms in total. The number of methoxy groups -OCH3 is 1. The number of ether oxygens (including phenoxy) is 1. The normalized spacial score (nSPS) is 11.7. The molecule has 12 heteroatoms. The van der Waals surface area contributed by atoms with E-state index >= 15 is 0 Å². The van der Waals surface area contributed by atoms with E-state index < -0.39 is 23.8 Å². The molecule has 0 fully saturated rings. The number of rotatable bonds is 12. The van der Waals surface area contributed by atoms with Crippen molar-refractivity contribution < 1.29 is 29.3 Å². The lowest BCUT2D eigenvalue weighted by molar-refractivity contribution is -0.123. The van der Waals surface area contributed by atoms with Crippen LogP contribution in [0.3, 0.4) is 0 Å². The number of hydrogen-bond donors (Lipinski definition) is 6. The molecular weight excluding hydrogens is 462 g/mol. The number of aromatic hydroxyl groups is 1. The Balaban J connectivity index is 2.26. The lowest BCUT2D eigenvalue weighted by atomic mass is 10.0. The molecule has 1 aromatic heterocycles. The van der Waals surface area contributed by atoms with Crippen LogP contribution in [0.25, 0.3) is 0 Å². The van der Waals surface area contributed by atoms with E-state index in [0.717, 1.165) is 18.0 Å². The van der Waals surface area contributed by atoms with Gasteiger partial charge in [0.25, 0.3) is 11.8 Å². The number of nitrogens with zero attached hydrogens (tertiary/aromatic N) is 1. The number of amides is 3. The highest BCUT2D eigenvalue weighted by molar-refractivity contribution is 7.09. The first-order valence-electron chi connectivity index (χ1n) is 10.8. The zero-order valence-electron chi connectivity index (χ0n) is 19.4. The Labute approximate surface area is 201 Å². The number of phenolic OH excluding ortho intramolecular Hbond substituents is 1. The summed E-state index contributed by atoms with van der Waals surface area (Å²) < 4.78 is 9.10. The number of aliphatic hydroxyl groups is 1. The molecule has 0 aliphatic carbocycles. The molecule has 2 aromatic rings. The van der Waals surface area contributed by atoms with Gasteiger partial charge in [0.1, 0.15) is 10.9 Å². The summed E-state index contributed by atoms with van der Waals surface area (Å²) >= 11 is 0.739. The van der Waals surface area contributed by atoms with E-state index in [0.29, 0.717) is 24.4 Å². The van der Waals surface area contributed by atoms with Gasteiger partial charge in [-0.05, 0) is 48.0 Å². The van der Waals surface area contributed by atoms with Crippen LogP contribution in [0.2, 0.25) is 0 Å². The summed E-state index contributed by atoms with van der Waals surface area (Å²) in [6.07, 6.45) is 1.12. The first-order chi connectivity index (χ1) is 16.2. The van der Waals surface area contributed by atoms with Gasteiger partial charge in [-0.1, -0.05) is 19.9 Å². The lowest BCUT2D eigenvalue weighted by Gasteiger charge is -2.20. The molecular formula is C22H31N5O6S. The van der Waals surface area contributed by atoms with Crippen molar-refractivity contribution in [2.24, 2.45) is 5.92 Å². The number of nitrogen functional groups attached to an aromatic ring is 1. The smallest absolute Gasteiger partial charge is 0.273 e. The third-order valence-electron chi connectivity index (χ3n) is 4.87. The Hall–Kier alpha value is -3.38. The first-order valence-corrected chi connectivity index (χ1v) is 11.6. The predicted octanol–water partition coefficient (Wildman–Crippen LogP) is 1.19. The van der Waals surface area contributed by atoms with Crippen LogP contribution >= 0.6 is 11.5 Å². The summed E-state index contributed by atoms with van der Waals surface area (Å²) in [7, 11) is 1.38. The van der Waals surface area contributed by atoms with Gasteiger partial charge in [0.05, 0.1) is 12.8 Å². The van der Waals surface area contributed by atoms with Crippen LogP contribution in [0.15, 0.2) is 18.2 Å². The number of hydrogen-bond acceptors (Lipinski definition) is 9. The van der Waals surface area contributed by atoms with Crippen molar-refractivity contribution in [1.29, 1.82) is 0 Å². The standard InChI is InChI=1S/C22H31N5O6S/c1-12(2)7-9-25-20(30)17(13-5-6-14(29)15(11-13)33-3)26-22(32)19-16(23)18(27-34-19)21(31)24-8-4-10-28/h5-6,11-12,17,28-29H,4,7-10,23H2,1-3H3,(H,24,31)(H,25,30)(H,26,32). The molecule has 0 aliphatic rings. The summed E-state index contributed by atoms with van der Waals surface area (Å²) in [5.41, 5.74) is 6.18. The van der Waals surface area contributed by atoms with Gasteiger partial charge in [-0.3, -0.25) is 14.4 Å². The van der Waals surface area contributed by atoms with Crippen LogP contribution in [0, 0.1) is 5.92 Å². The summed E-state index contributed by atoms with van der Waals surface area (Å²) in [5.74, 6) is -1.29. The van der Waals surface area contributed by atoms with Gasteiger partial charge in [0, 0.05) is 19.7 Å². The minimum absolute atomic E-state index is 0.0157. The highest BCUT2D eigenvalue weighted by Gasteiger charge is 2.28. The predicted molar refractivity (Wildman–Crippen MR) is 128 cm³/mol. The van der Waals surface area contributed by atoms with Gasteiger partial charge in [-0.2, -0.15) is 4.37 Å². The summed E-state index contributed by atoms with van der Waals surface area (Å²) in [4.78, 5) is 38.2. The fraction of sp³-hybridized carbons (Fsp3) is 0.455. The fourth-order valence-corrected chi connectivity index (χ4v) is 3.65. The van der Waals surface area contributed by atoms with Gasteiger partial charge in [-0.25, -0.2) is 0 Å². The molecule has 1 heterocycles. The Morgan fingerprint density at radius 1 is 1.18 bits per heavy atom. The van der Waals surface area contributed by atoms with Crippen LogP contribution < -0.4 is 26.4 Å². The van der Waals surface area contributed by atoms with E-state index in [9.17, 15) is 19.5 Å². The summed E-state index contributed by atoms with van der Waals surface area (Å²) in [5, 5.41) is 26.7. The molecule has 0 radical (unpaired) electrons. The van der Waals surface area contributed by atoms with E-state index in [-0.39, 0.29) is 40.9 Å². The van der Waals surface area contributed by atoms with Crippen LogP contribution in [-0.2, 0) is 4.79 Å². The highest BCUT2D eigenvalue weighted by Crippen LogP contribution is 2.30. The minimum atomic E-state index is -1.11.